The van der Waals surface area contributed by atoms with Gasteiger partial charge in [-0.25, -0.2) is 4.99 Å². The van der Waals surface area contributed by atoms with E-state index in [-0.39, 0.29) is 11.2 Å². The van der Waals surface area contributed by atoms with E-state index in [1.165, 1.54) is 11.8 Å². The fourth-order valence-electron chi connectivity index (χ4n) is 2.58. The topological polar surface area (TPSA) is 77.3 Å². The van der Waals surface area contributed by atoms with Gasteiger partial charge in [0.05, 0.1) is 11.4 Å². The van der Waals surface area contributed by atoms with Crippen LogP contribution in [0, 0.1) is 16.9 Å². The van der Waals surface area contributed by atoms with Gasteiger partial charge in [0.2, 0.25) is 0 Å². The number of aliphatic imine (C=N–C) groups is 1. The Morgan fingerprint density at radius 2 is 2.17 bits per heavy atom. The number of thioether (sulfide) groups is 1. The molecule has 0 fully saturated rings. The molecule has 0 atom stereocenters. The molecule has 0 amide bonds. The Bertz CT molecular complexity index is 749. The van der Waals surface area contributed by atoms with E-state index >= 15 is 0 Å². The number of benzene rings is 1. The molecule has 2 N–H and O–H groups in total. The van der Waals surface area contributed by atoms with Crippen molar-refractivity contribution in [1.82, 2.24) is 5.32 Å². The lowest BCUT2D eigenvalue weighted by Gasteiger charge is -2.29. The van der Waals surface area contributed by atoms with Crippen molar-refractivity contribution >= 4 is 45.7 Å². The third-order valence-corrected chi connectivity index (χ3v) is 4.31. The SMILES string of the molecule is CSC(=Nc1cc(Cl)ccc1NC1=CC(=O)CC(C)(C)C1)NC#N. The molecule has 2 rings (SSSR count). The van der Waals surface area contributed by atoms with Gasteiger partial charge < -0.3 is 5.32 Å². The number of nitriles is 1. The zero-order valence-electron chi connectivity index (χ0n) is 13.8. The monoisotopic (exact) mass is 362 g/mol. The van der Waals surface area contributed by atoms with Crippen molar-refractivity contribution in [2.45, 2.75) is 26.7 Å². The molecule has 0 saturated carbocycles. The van der Waals surface area contributed by atoms with Gasteiger partial charge in [-0.1, -0.05) is 37.2 Å². The van der Waals surface area contributed by atoms with Crippen LogP contribution in [-0.2, 0) is 4.79 Å². The van der Waals surface area contributed by atoms with Crippen molar-refractivity contribution in [1.29, 1.82) is 5.26 Å². The largest absolute Gasteiger partial charge is 0.357 e. The standard InChI is InChI=1S/C17H19ClN4OS/c1-17(2)8-12(7-13(23)9-17)21-14-5-4-11(18)6-15(14)22-16(24-3)20-10-19/h4-7,21H,8-9H2,1-3H3,(H,20,22). The summed E-state index contributed by atoms with van der Waals surface area (Å²) in [5.41, 5.74) is 2.12. The summed E-state index contributed by atoms with van der Waals surface area (Å²) in [5, 5.41) is 15.6. The number of halogens is 1. The van der Waals surface area contributed by atoms with Crippen LogP contribution in [0.3, 0.4) is 0 Å². The van der Waals surface area contributed by atoms with Crippen LogP contribution >= 0.6 is 23.4 Å². The molecule has 0 bridgehead atoms. The molecule has 1 aromatic rings. The second-order valence-corrected chi connectivity index (χ2v) is 7.53. The maximum Gasteiger partial charge on any atom is 0.183 e. The molecule has 5 nitrogen and oxygen atoms in total. The zero-order chi connectivity index (χ0) is 17.7. The highest BCUT2D eigenvalue weighted by Gasteiger charge is 2.27. The summed E-state index contributed by atoms with van der Waals surface area (Å²) in [5.74, 6) is 0.115. The van der Waals surface area contributed by atoms with Crippen LogP contribution in [0.2, 0.25) is 5.02 Å². The van der Waals surface area contributed by atoms with Crippen LogP contribution in [0.5, 0.6) is 0 Å². The van der Waals surface area contributed by atoms with Crippen molar-refractivity contribution in [3.05, 3.63) is 35.0 Å². The van der Waals surface area contributed by atoms with Crippen LogP contribution in [0.4, 0.5) is 11.4 Å². The van der Waals surface area contributed by atoms with E-state index in [0.29, 0.717) is 22.3 Å². The second-order valence-electron chi connectivity index (χ2n) is 6.30. The number of carbonyl (C=O) groups excluding carboxylic acids is 1. The number of allylic oxidation sites excluding steroid dienone is 2. The first kappa shape index (κ1) is 18.4. The van der Waals surface area contributed by atoms with E-state index in [2.05, 4.69) is 29.5 Å². The molecule has 0 spiro atoms. The van der Waals surface area contributed by atoms with Crippen molar-refractivity contribution in [2.75, 3.05) is 11.6 Å². The number of nitrogens with one attached hydrogen (secondary N) is 2. The number of rotatable bonds is 3. The Hall–Kier alpha value is -1.97. The molecule has 0 aliphatic heterocycles. The van der Waals surface area contributed by atoms with Crippen LogP contribution in [-0.4, -0.2) is 17.2 Å². The third-order valence-electron chi connectivity index (χ3n) is 3.49. The molecular formula is C17H19ClN4OS. The van der Waals surface area contributed by atoms with E-state index in [1.807, 2.05) is 18.5 Å². The van der Waals surface area contributed by atoms with E-state index in [1.54, 1.807) is 18.2 Å². The predicted octanol–water partition coefficient (Wildman–Crippen LogP) is 4.45. The van der Waals surface area contributed by atoms with Crippen LogP contribution in [0.15, 0.2) is 35.0 Å². The summed E-state index contributed by atoms with van der Waals surface area (Å²) in [4.78, 5) is 16.3. The normalized spacial score (nSPS) is 17.0. The number of nitrogens with zero attached hydrogens (tertiary/aromatic N) is 2. The van der Waals surface area contributed by atoms with Crippen molar-refractivity contribution < 1.29 is 4.79 Å². The summed E-state index contributed by atoms with van der Waals surface area (Å²) >= 11 is 7.40. The van der Waals surface area contributed by atoms with E-state index in [9.17, 15) is 4.79 Å². The molecule has 7 heteroatoms. The number of hydrogen-bond donors (Lipinski definition) is 2. The summed E-state index contributed by atoms with van der Waals surface area (Å²) in [6, 6.07) is 5.30. The van der Waals surface area contributed by atoms with Crippen molar-refractivity contribution in [2.24, 2.45) is 10.4 Å². The smallest absolute Gasteiger partial charge is 0.183 e. The van der Waals surface area contributed by atoms with Crippen molar-refractivity contribution in [3.63, 3.8) is 0 Å². The highest BCUT2D eigenvalue weighted by atomic mass is 35.5. The highest BCUT2D eigenvalue weighted by molar-refractivity contribution is 8.13. The van der Waals surface area contributed by atoms with Crippen molar-refractivity contribution in [3.8, 4) is 6.19 Å². The van der Waals surface area contributed by atoms with Gasteiger partial charge in [-0.3, -0.25) is 10.1 Å². The molecule has 0 heterocycles. The van der Waals surface area contributed by atoms with E-state index in [4.69, 9.17) is 16.9 Å². The quantitative estimate of drug-likeness (QED) is 0.359. The second kappa shape index (κ2) is 7.73. The number of amidine groups is 1. The highest BCUT2D eigenvalue weighted by Crippen LogP contribution is 2.36. The molecule has 0 saturated heterocycles. The van der Waals surface area contributed by atoms with E-state index in [0.717, 1.165) is 17.8 Å². The lowest BCUT2D eigenvalue weighted by molar-refractivity contribution is -0.117. The molecule has 126 valence electrons. The molecule has 24 heavy (non-hydrogen) atoms. The predicted molar refractivity (Wildman–Crippen MR) is 101 cm³/mol. The minimum atomic E-state index is -0.0726. The fourth-order valence-corrected chi connectivity index (χ4v) is 3.09. The summed E-state index contributed by atoms with van der Waals surface area (Å²) in [6.45, 7) is 4.15. The van der Waals surface area contributed by atoms with E-state index < -0.39 is 0 Å². The summed E-state index contributed by atoms with van der Waals surface area (Å²) in [7, 11) is 0. The number of carbonyl (C=O) groups is 1. The average molecular weight is 363 g/mol. The minimum absolute atomic E-state index is 0.0726. The van der Waals surface area contributed by atoms with Crippen LogP contribution in [0.25, 0.3) is 0 Å². The molecule has 1 aliphatic rings. The Labute approximate surface area is 151 Å². The van der Waals surface area contributed by atoms with Gasteiger partial charge in [0.15, 0.2) is 17.1 Å². The molecular weight excluding hydrogens is 344 g/mol. The first-order valence-electron chi connectivity index (χ1n) is 7.41. The van der Waals surface area contributed by atoms with Gasteiger partial charge in [-0.05, 0) is 36.3 Å². The first-order valence-corrected chi connectivity index (χ1v) is 9.01. The first-order chi connectivity index (χ1) is 11.3. The van der Waals surface area contributed by atoms with Crippen LogP contribution in [0.1, 0.15) is 26.7 Å². The number of anilines is 1. The fraction of sp³-hybridized carbons (Fsp3) is 0.353. The summed E-state index contributed by atoms with van der Waals surface area (Å²) in [6.07, 6.45) is 6.66. The molecule has 1 aliphatic carbocycles. The minimum Gasteiger partial charge on any atom is -0.357 e. The van der Waals surface area contributed by atoms with Gasteiger partial charge >= 0.3 is 0 Å². The molecule has 1 aromatic carbocycles. The van der Waals surface area contributed by atoms with Gasteiger partial charge in [-0.15, -0.1) is 0 Å². The van der Waals surface area contributed by atoms with Gasteiger partial charge in [0.1, 0.15) is 0 Å². The maximum absolute atomic E-state index is 11.9. The number of hydrogen-bond acceptors (Lipinski definition) is 5. The Morgan fingerprint density at radius 1 is 1.42 bits per heavy atom. The van der Waals surface area contributed by atoms with Gasteiger partial charge in [-0.2, -0.15) is 5.26 Å². The average Bonchev–Trinajstić information content (AvgIpc) is 2.47. The molecule has 0 unspecified atom stereocenters. The lowest BCUT2D eigenvalue weighted by Crippen LogP contribution is -2.24. The lowest BCUT2D eigenvalue weighted by atomic mass is 9.79. The Balaban J connectivity index is 2.34. The Morgan fingerprint density at radius 3 is 2.79 bits per heavy atom. The van der Waals surface area contributed by atoms with Gasteiger partial charge in [0.25, 0.3) is 0 Å². The Kier molecular flexibility index (Phi) is 5.92. The molecule has 0 radical (unpaired) electrons. The maximum atomic E-state index is 11.9. The van der Waals surface area contributed by atoms with Crippen LogP contribution < -0.4 is 10.6 Å². The molecule has 0 aromatic heterocycles. The summed E-state index contributed by atoms with van der Waals surface area (Å²) < 4.78 is 0. The third kappa shape index (κ3) is 5.02. The van der Waals surface area contributed by atoms with Gasteiger partial charge in [0, 0.05) is 23.2 Å². The number of ketones is 1. The zero-order valence-corrected chi connectivity index (χ0v) is 15.4.